The highest BCUT2D eigenvalue weighted by Crippen LogP contribution is 2.24. The van der Waals surface area contributed by atoms with Gasteiger partial charge in [-0.05, 0) is 36.6 Å². The standard InChI is InChI=1S/C25H32N4O2.C2HF3O2/c30-24(31)21-10-7-11-22(18-21)27-25(26-19-20-8-3-1-4-9-20)29-16-14-28(15-17-29)23-12-5-2-6-13-23;3-2(4,5)1(6)7/h1,3-4,7-11,18,23H,2,5-6,12-17,19H2,(H,26,27)(H,30,31);(H,6,7). The van der Waals surface area contributed by atoms with Crippen LogP contribution in [0.4, 0.5) is 18.9 Å². The van der Waals surface area contributed by atoms with E-state index in [1.807, 2.05) is 24.3 Å². The van der Waals surface area contributed by atoms with E-state index < -0.39 is 18.1 Å². The van der Waals surface area contributed by atoms with Crippen molar-refractivity contribution < 1.29 is 33.0 Å². The van der Waals surface area contributed by atoms with Crippen LogP contribution in [0.5, 0.6) is 0 Å². The van der Waals surface area contributed by atoms with Gasteiger partial charge in [0, 0.05) is 37.9 Å². The number of hydrogen-bond acceptors (Lipinski definition) is 4. The average molecular weight is 535 g/mol. The Balaban J connectivity index is 0.000000505. The highest BCUT2D eigenvalue weighted by molar-refractivity contribution is 5.95. The van der Waals surface area contributed by atoms with Gasteiger partial charge in [-0.3, -0.25) is 4.90 Å². The van der Waals surface area contributed by atoms with E-state index in [9.17, 15) is 23.1 Å². The van der Waals surface area contributed by atoms with E-state index in [-0.39, 0.29) is 5.56 Å². The topological polar surface area (TPSA) is 105 Å². The number of halogens is 3. The highest BCUT2D eigenvalue weighted by atomic mass is 19.4. The number of hydrogen-bond donors (Lipinski definition) is 3. The number of carboxylic acids is 2. The summed E-state index contributed by atoms with van der Waals surface area (Å²) in [4.78, 5) is 30.1. The minimum Gasteiger partial charge on any atom is -0.478 e. The van der Waals surface area contributed by atoms with Gasteiger partial charge in [-0.2, -0.15) is 13.2 Å². The molecule has 0 amide bonds. The first kappa shape index (κ1) is 29.0. The molecule has 3 N–H and O–H groups in total. The zero-order valence-electron chi connectivity index (χ0n) is 21.0. The summed E-state index contributed by atoms with van der Waals surface area (Å²) in [6.07, 6.45) is 1.67. The summed E-state index contributed by atoms with van der Waals surface area (Å²) in [5, 5.41) is 19.9. The normalized spacial score (nSPS) is 17.3. The molecular formula is C27H33F3N4O4. The first-order valence-electron chi connectivity index (χ1n) is 12.6. The van der Waals surface area contributed by atoms with E-state index in [2.05, 4.69) is 27.2 Å². The molecule has 206 valence electrons. The molecule has 0 aromatic heterocycles. The molecule has 1 aliphatic heterocycles. The summed E-state index contributed by atoms with van der Waals surface area (Å²) in [5.74, 6) is -2.87. The molecule has 0 bridgehead atoms. The van der Waals surface area contributed by atoms with Crippen LogP contribution in [0.1, 0.15) is 48.0 Å². The van der Waals surface area contributed by atoms with E-state index in [0.717, 1.165) is 49.4 Å². The van der Waals surface area contributed by atoms with Crippen molar-refractivity contribution in [2.75, 3.05) is 31.5 Å². The monoisotopic (exact) mass is 534 g/mol. The minimum absolute atomic E-state index is 0.273. The van der Waals surface area contributed by atoms with Crippen LogP contribution in [0, 0.1) is 0 Å². The molecule has 1 heterocycles. The summed E-state index contributed by atoms with van der Waals surface area (Å²) >= 11 is 0. The third-order valence-corrected chi connectivity index (χ3v) is 6.57. The van der Waals surface area contributed by atoms with Gasteiger partial charge < -0.3 is 20.4 Å². The molecule has 1 saturated heterocycles. The number of rotatable bonds is 5. The average Bonchev–Trinajstić information content (AvgIpc) is 2.92. The largest absolute Gasteiger partial charge is 0.490 e. The first-order valence-corrected chi connectivity index (χ1v) is 12.6. The van der Waals surface area contributed by atoms with Crippen LogP contribution in [-0.4, -0.2) is 76.3 Å². The third kappa shape index (κ3) is 9.05. The summed E-state index contributed by atoms with van der Waals surface area (Å²) in [7, 11) is 0. The Morgan fingerprint density at radius 2 is 1.55 bits per heavy atom. The minimum atomic E-state index is -5.08. The number of nitrogens with zero attached hydrogens (tertiary/aromatic N) is 3. The molecule has 38 heavy (non-hydrogen) atoms. The lowest BCUT2D eigenvalue weighted by molar-refractivity contribution is -0.192. The van der Waals surface area contributed by atoms with Crippen molar-refractivity contribution in [3.63, 3.8) is 0 Å². The molecule has 1 aliphatic carbocycles. The van der Waals surface area contributed by atoms with Crippen LogP contribution in [0.3, 0.4) is 0 Å². The fourth-order valence-electron chi connectivity index (χ4n) is 4.57. The number of nitrogens with one attached hydrogen (secondary N) is 1. The Kier molecular flexibility index (Phi) is 10.5. The van der Waals surface area contributed by atoms with Crippen molar-refractivity contribution in [1.82, 2.24) is 9.80 Å². The molecular weight excluding hydrogens is 501 g/mol. The number of carboxylic acid groups (broad SMARTS) is 2. The van der Waals surface area contributed by atoms with Crippen LogP contribution < -0.4 is 5.32 Å². The quantitative estimate of drug-likeness (QED) is 0.369. The van der Waals surface area contributed by atoms with Gasteiger partial charge in [0.25, 0.3) is 0 Å². The molecule has 0 atom stereocenters. The molecule has 0 radical (unpaired) electrons. The fourth-order valence-corrected chi connectivity index (χ4v) is 4.57. The summed E-state index contributed by atoms with van der Waals surface area (Å²) in [6, 6.07) is 17.9. The lowest BCUT2D eigenvalue weighted by Gasteiger charge is -2.41. The second-order valence-corrected chi connectivity index (χ2v) is 9.25. The van der Waals surface area contributed by atoms with Crippen LogP contribution in [0.2, 0.25) is 0 Å². The molecule has 2 aromatic carbocycles. The molecule has 2 aromatic rings. The summed E-state index contributed by atoms with van der Waals surface area (Å²) in [6.45, 7) is 4.54. The maximum Gasteiger partial charge on any atom is 0.490 e. The van der Waals surface area contributed by atoms with Gasteiger partial charge in [-0.15, -0.1) is 0 Å². The van der Waals surface area contributed by atoms with Crippen molar-refractivity contribution in [2.24, 2.45) is 4.99 Å². The highest BCUT2D eigenvalue weighted by Gasteiger charge is 2.38. The molecule has 1 saturated carbocycles. The van der Waals surface area contributed by atoms with Gasteiger partial charge in [-0.25, -0.2) is 14.6 Å². The molecule has 4 rings (SSSR count). The maximum atomic E-state index is 11.4. The zero-order chi connectivity index (χ0) is 27.5. The Bertz CT molecular complexity index is 1080. The van der Waals surface area contributed by atoms with Gasteiger partial charge in [0.1, 0.15) is 0 Å². The van der Waals surface area contributed by atoms with E-state index in [4.69, 9.17) is 14.9 Å². The number of benzene rings is 2. The van der Waals surface area contributed by atoms with E-state index >= 15 is 0 Å². The zero-order valence-corrected chi connectivity index (χ0v) is 21.0. The Morgan fingerprint density at radius 3 is 2.13 bits per heavy atom. The van der Waals surface area contributed by atoms with E-state index in [1.54, 1.807) is 18.2 Å². The van der Waals surface area contributed by atoms with Crippen LogP contribution >= 0.6 is 0 Å². The third-order valence-electron chi connectivity index (χ3n) is 6.57. The predicted molar refractivity (Wildman–Crippen MR) is 138 cm³/mol. The predicted octanol–water partition coefficient (Wildman–Crippen LogP) is 4.94. The van der Waals surface area contributed by atoms with E-state index in [0.29, 0.717) is 6.54 Å². The molecule has 8 nitrogen and oxygen atoms in total. The molecule has 2 aliphatic rings. The van der Waals surface area contributed by atoms with E-state index in [1.165, 1.54) is 32.1 Å². The number of guanidine groups is 1. The lowest BCUT2D eigenvalue weighted by atomic mass is 9.94. The number of alkyl halides is 3. The lowest BCUT2D eigenvalue weighted by Crippen LogP contribution is -2.53. The smallest absolute Gasteiger partial charge is 0.478 e. The Morgan fingerprint density at radius 1 is 0.921 bits per heavy atom. The number of carbonyl (C=O) groups is 2. The van der Waals surface area contributed by atoms with Crippen LogP contribution in [0.15, 0.2) is 59.6 Å². The number of aromatic carboxylic acids is 1. The SMILES string of the molecule is O=C(O)C(F)(F)F.O=C(O)c1cccc(NC(=NCc2ccccc2)N2CCN(C3CCCCC3)CC2)c1. The van der Waals surface area contributed by atoms with Gasteiger partial charge in [0.05, 0.1) is 12.1 Å². The summed E-state index contributed by atoms with van der Waals surface area (Å²) < 4.78 is 31.7. The second kappa shape index (κ2) is 13.8. The van der Waals surface area contributed by atoms with Gasteiger partial charge >= 0.3 is 18.1 Å². The molecule has 0 unspecified atom stereocenters. The van der Waals surface area contributed by atoms with Gasteiger partial charge in [-0.1, -0.05) is 55.7 Å². The Hall–Kier alpha value is -3.60. The van der Waals surface area contributed by atoms with Crippen molar-refractivity contribution >= 4 is 23.6 Å². The van der Waals surface area contributed by atoms with Crippen LogP contribution in [-0.2, 0) is 11.3 Å². The van der Waals surface area contributed by atoms with Crippen molar-refractivity contribution in [3.8, 4) is 0 Å². The van der Waals surface area contributed by atoms with Gasteiger partial charge in [0.2, 0.25) is 0 Å². The van der Waals surface area contributed by atoms with Gasteiger partial charge in [0.15, 0.2) is 5.96 Å². The summed E-state index contributed by atoms with van der Waals surface area (Å²) in [5.41, 5.74) is 2.18. The van der Waals surface area contributed by atoms with Crippen LogP contribution in [0.25, 0.3) is 0 Å². The number of aliphatic imine (C=N–C) groups is 1. The first-order chi connectivity index (χ1) is 18.1. The number of anilines is 1. The Labute approximate surface area is 219 Å². The molecule has 2 fully saturated rings. The number of piperazine rings is 1. The second-order valence-electron chi connectivity index (χ2n) is 9.25. The van der Waals surface area contributed by atoms with Crippen molar-refractivity contribution in [3.05, 3.63) is 65.7 Å². The van der Waals surface area contributed by atoms with Crippen molar-refractivity contribution in [2.45, 2.75) is 50.9 Å². The number of aliphatic carboxylic acids is 1. The molecule has 0 spiro atoms. The maximum absolute atomic E-state index is 11.4. The molecule has 11 heteroatoms. The fraction of sp³-hybridized carbons (Fsp3) is 0.444. The van der Waals surface area contributed by atoms with Crippen molar-refractivity contribution in [1.29, 1.82) is 0 Å².